The molecule has 0 unspecified atom stereocenters. The summed E-state index contributed by atoms with van der Waals surface area (Å²) in [4.78, 5) is 58.0. The van der Waals surface area contributed by atoms with Crippen LogP contribution in [0.2, 0.25) is 0 Å². The number of fused-ring (bicyclic) bond motifs is 6. The van der Waals surface area contributed by atoms with Gasteiger partial charge in [-0.3, -0.25) is 29.3 Å². The molecule has 4 aromatic rings. The maximum absolute atomic E-state index is 15.0. The zero-order valence-corrected chi connectivity index (χ0v) is 37.6. The van der Waals surface area contributed by atoms with Gasteiger partial charge >= 0.3 is 5.97 Å². The molecule has 62 heavy (non-hydrogen) atoms. The van der Waals surface area contributed by atoms with E-state index < -0.39 is 23.5 Å². The minimum Gasteiger partial charge on any atom is -0.464 e. The topological polar surface area (TPSA) is 143 Å². The molecule has 6 aliphatic rings. The van der Waals surface area contributed by atoms with E-state index in [9.17, 15) is 9.59 Å². The van der Waals surface area contributed by atoms with E-state index >= 15 is 4.79 Å². The van der Waals surface area contributed by atoms with E-state index in [1.807, 2.05) is 19.2 Å². The van der Waals surface area contributed by atoms with Gasteiger partial charge < -0.3 is 29.0 Å². The van der Waals surface area contributed by atoms with Crippen LogP contribution in [0.1, 0.15) is 87.8 Å². The highest BCUT2D eigenvalue weighted by atomic mass is 32.1. The molecule has 1 spiro atoms. The first-order valence-corrected chi connectivity index (χ1v) is 23.4. The number of rotatable bonds is 7. The minimum absolute atomic E-state index is 0.0505. The van der Waals surface area contributed by atoms with Gasteiger partial charge in [0.1, 0.15) is 17.1 Å². The first kappa shape index (κ1) is 41.7. The number of aromatic nitrogens is 3. The first-order chi connectivity index (χ1) is 29.8. The van der Waals surface area contributed by atoms with Crippen molar-refractivity contribution in [1.82, 2.24) is 40.1 Å². The van der Waals surface area contributed by atoms with Crippen molar-refractivity contribution in [1.29, 1.82) is 0 Å². The number of nitrogens with one attached hydrogen (secondary N) is 2. The first-order valence-electron chi connectivity index (χ1n) is 22.5. The Morgan fingerprint density at radius 1 is 1.10 bits per heavy atom. The number of likely N-dealkylation sites (N-methyl/N-ethyl adjacent to an activating group) is 1. The van der Waals surface area contributed by atoms with Crippen molar-refractivity contribution in [2.45, 2.75) is 90.1 Å². The lowest BCUT2D eigenvalue weighted by Gasteiger charge is -2.58. The third kappa shape index (κ3) is 7.35. The van der Waals surface area contributed by atoms with Gasteiger partial charge in [-0.2, -0.15) is 0 Å². The number of hydrogen-bond donors (Lipinski definition) is 2. The van der Waals surface area contributed by atoms with Gasteiger partial charge in [0.25, 0.3) is 5.91 Å². The molecule has 5 aliphatic heterocycles. The van der Waals surface area contributed by atoms with Gasteiger partial charge in [-0.1, -0.05) is 26.8 Å². The zero-order chi connectivity index (χ0) is 43.1. The number of nitrogens with zero attached hydrogens (tertiary/aromatic N) is 6. The Kier molecular flexibility index (Phi) is 10.8. The van der Waals surface area contributed by atoms with Crippen LogP contribution >= 0.6 is 11.3 Å². The summed E-state index contributed by atoms with van der Waals surface area (Å²) in [6, 6.07) is 8.92. The van der Waals surface area contributed by atoms with Crippen molar-refractivity contribution < 1.29 is 28.6 Å². The molecule has 10 rings (SSSR count). The monoisotopic (exact) mass is 864 g/mol. The van der Waals surface area contributed by atoms with E-state index in [0.717, 1.165) is 83.1 Å². The maximum Gasteiger partial charge on any atom is 0.324 e. The zero-order valence-electron chi connectivity index (χ0n) is 36.8. The Morgan fingerprint density at radius 2 is 1.90 bits per heavy atom. The Labute approximate surface area is 367 Å². The number of likely N-dealkylation sites (tertiary alicyclic amines) is 2. The molecule has 0 radical (unpaired) electrons. The number of amides is 2. The molecule has 1 aliphatic carbocycles. The molecule has 15 heteroatoms. The SMILES string of the molecule is CO[C@@H](C)c1ncccc1-c1c2c3cc(ccc3n1C1CN(C)C1)-c1csc(n1)[C@@H](N1CC3(COC3)C1)[C@H](NC(=O)[C@H]1CC[C@@H]1C)C(=O)N1CCC[C@H](N1)C(=O)OCC(C)(C)C2. The molecule has 2 N–H and O–H groups in total. The summed E-state index contributed by atoms with van der Waals surface area (Å²) in [6.07, 6.45) is 5.15. The van der Waals surface area contributed by atoms with Crippen molar-refractivity contribution in [3.63, 3.8) is 0 Å². The lowest BCUT2D eigenvalue weighted by atomic mass is 9.74. The molecular formula is C47H60N8O6S. The molecule has 4 saturated heterocycles. The summed E-state index contributed by atoms with van der Waals surface area (Å²) < 4.78 is 20.3. The maximum atomic E-state index is 15.0. The lowest BCUT2D eigenvalue weighted by molar-refractivity contribution is -0.202. The highest BCUT2D eigenvalue weighted by molar-refractivity contribution is 7.10. The highest BCUT2D eigenvalue weighted by Gasteiger charge is 2.55. The fourth-order valence-corrected chi connectivity index (χ4v) is 11.7. The number of methoxy groups -OCH3 is 1. The van der Waals surface area contributed by atoms with E-state index in [-0.39, 0.29) is 53.8 Å². The molecule has 1 saturated carbocycles. The fourth-order valence-electron chi connectivity index (χ4n) is 10.7. The molecule has 14 nitrogen and oxygen atoms in total. The molecule has 1 aromatic carbocycles. The minimum atomic E-state index is -0.929. The molecule has 2 amide bonds. The number of carbonyl (C=O) groups excluding carboxylic acids is 3. The van der Waals surface area contributed by atoms with Crippen LogP contribution in [0.25, 0.3) is 33.4 Å². The molecule has 6 bridgehead atoms. The molecule has 6 atom stereocenters. The van der Waals surface area contributed by atoms with Crippen LogP contribution in [0, 0.1) is 22.7 Å². The number of hydrazine groups is 1. The predicted octanol–water partition coefficient (Wildman–Crippen LogP) is 5.55. The van der Waals surface area contributed by atoms with E-state index in [2.05, 4.69) is 82.6 Å². The normalized spacial score (nSPS) is 28.3. The lowest BCUT2D eigenvalue weighted by Crippen LogP contribution is -2.70. The average molecular weight is 865 g/mol. The average Bonchev–Trinajstić information content (AvgIpc) is 3.82. The fraction of sp³-hybridized carbons (Fsp3) is 0.596. The quantitative estimate of drug-likeness (QED) is 0.226. The Bertz CT molecular complexity index is 2380. The number of ether oxygens (including phenoxy) is 3. The third-order valence-corrected chi connectivity index (χ3v) is 15.5. The molecule has 5 fully saturated rings. The Morgan fingerprint density at radius 3 is 2.60 bits per heavy atom. The molecule has 330 valence electrons. The van der Waals surface area contributed by atoms with Crippen LogP contribution in [0.3, 0.4) is 0 Å². The van der Waals surface area contributed by atoms with E-state index in [4.69, 9.17) is 24.2 Å². The second-order valence-corrected chi connectivity index (χ2v) is 20.8. The third-order valence-electron chi connectivity index (χ3n) is 14.5. The van der Waals surface area contributed by atoms with Crippen LogP contribution in [-0.4, -0.2) is 126 Å². The number of esters is 1. The number of thiazole rings is 1. The van der Waals surface area contributed by atoms with Gasteiger partial charge in [0.2, 0.25) is 5.91 Å². The number of cyclic esters (lactones) is 1. The van der Waals surface area contributed by atoms with Gasteiger partial charge in [0.05, 0.1) is 55.1 Å². The van der Waals surface area contributed by atoms with Gasteiger partial charge in [-0.05, 0) is 81.8 Å². The van der Waals surface area contributed by atoms with Crippen LogP contribution in [0.4, 0.5) is 0 Å². The van der Waals surface area contributed by atoms with E-state index in [1.54, 1.807) is 12.1 Å². The number of hydrogen-bond acceptors (Lipinski definition) is 12. The number of benzene rings is 1. The van der Waals surface area contributed by atoms with Crippen LogP contribution in [0.15, 0.2) is 41.9 Å². The van der Waals surface area contributed by atoms with Gasteiger partial charge in [0.15, 0.2) is 0 Å². The largest absolute Gasteiger partial charge is 0.464 e. The van der Waals surface area contributed by atoms with Crippen molar-refractivity contribution >= 4 is 40.0 Å². The summed E-state index contributed by atoms with van der Waals surface area (Å²) >= 11 is 1.54. The smallest absolute Gasteiger partial charge is 0.324 e. The number of carbonyl (C=O) groups is 3. The van der Waals surface area contributed by atoms with Crippen LogP contribution < -0.4 is 10.7 Å². The Hall–Kier alpha value is -4.25. The summed E-state index contributed by atoms with van der Waals surface area (Å²) in [5, 5.41) is 8.83. The van der Waals surface area contributed by atoms with Crippen molar-refractivity contribution in [3.8, 4) is 22.5 Å². The van der Waals surface area contributed by atoms with Crippen LogP contribution in [-0.2, 0) is 35.0 Å². The number of pyridine rings is 1. The predicted molar refractivity (Wildman–Crippen MR) is 236 cm³/mol. The second kappa shape index (κ2) is 16.1. The van der Waals surface area contributed by atoms with E-state index in [1.165, 1.54) is 16.9 Å². The van der Waals surface area contributed by atoms with Gasteiger partial charge in [0, 0.05) is 90.2 Å². The molecule has 8 heterocycles. The van der Waals surface area contributed by atoms with Crippen molar-refractivity contribution in [2.24, 2.45) is 22.7 Å². The summed E-state index contributed by atoms with van der Waals surface area (Å²) in [5.74, 6) is -0.654. The summed E-state index contributed by atoms with van der Waals surface area (Å²) in [7, 11) is 3.88. The van der Waals surface area contributed by atoms with Gasteiger partial charge in [-0.25, -0.2) is 10.4 Å². The van der Waals surface area contributed by atoms with Crippen molar-refractivity contribution in [3.05, 3.63) is 58.2 Å². The summed E-state index contributed by atoms with van der Waals surface area (Å²) in [6.45, 7) is 13.7. The molecule has 3 aromatic heterocycles. The highest BCUT2D eigenvalue weighted by Crippen LogP contribution is 2.47. The summed E-state index contributed by atoms with van der Waals surface area (Å²) in [5.41, 5.74) is 9.96. The second-order valence-electron chi connectivity index (χ2n) is 19.9. The van der Waals surface area contributed by atoms with Gasteiger partial charge in [-0.15, -0.1) is 11.3 Å². The standard InChI is InChI=1S/C47H60N8O6S/c1-27-11-13-31(27)42(56)50-39-41(53-22-47(23-53)25-60-26-47)43-49-36(21-62-43)29-12-14-37-33(17-29)34(18-46(3,4)24-61-45(58)35-10-8-16-54(51-35)44(39)57)40(55(37)30-19-52(5)20-30)32-9-7-15-48-38(32)28(2)59-6/h7,9,12,14-15,17,21,27-28,30-31,35,39,41,51H,8,10-11,13,16,18-20,22-26H2,1-6H3,(H,50,56)/t27-,28-,31-,35-,39-,41-/m0/s1. The van der Waals surface area contributed by atoms with E-state index in [0.29, 0.717) is 39.0 Å². The van der Waals surface area contributed by atoms with Crippen molar-refractivity contribution in [2.75, 3.05) is 66.7 Å². The van der Waals surface area contributed by atoms with Crippen LogP contribution in [0.5, 0.6) is 0 Å². The molecular weight excluding hydrogens is 805 g/mol. The Balaban J connectivity index is 1.14.